The van der Waals surface area contributed by atoms with Crippen molar-refractivity contribution in [3.05, 3.63) is 93.5 Å². The molecule has 0 radical (unpaired) electrons. The third-order valence-electron chi connectivity index (χ3n) is 4.98. The van der Waals surface area contributed by atoms with Gasteiger partial charge >= 0.3 is 5.97 Å². The van der Waals surface area contributed by atoms with E-state index in [0.717, 1.165) is 11.6 Å². The number of halogens is 1. The minimum absolute atomic E-state index is 0.137. The van der Waals surface area contributed by atoms with Gasteiger partial charge in [-0.1, -0.05) is 18.2 Å². The summed E-state index contributed by atoms with van der Waals surface area (Å²) >= 11 is 0. The Morgan fingerprint density at radius 1 is 1.16 bits per heavy atom. The second-order valence-electron chi connectivity index (χ2n) is 7.25. The highest BCUT2D eigenvalue weighted by Crippen LogP contribution is 2.31. The summed E-state index contributed by atoms with van der Waals surface area (Å²) in [7, 11) is 0. The molecule has 7 heteroatoms. The van der Waals surface area contributed by atoms with Crippen molar-refractivity contribution in [2.45, 2.75) is 19.9 Å². The van der Waals surface area contributed by atoms with Crippen molar-refractivity contribution in [3.8, 4) is 11.5 Å². The number of aromatic nitrogens is 1. The maximum absolute atomic E-state index is 14.1. The van der Waals surface area contributed by atoms with E-state index < -0.39 is 23.4 Å². The number of carboxylic acids is 1. The first-order chi connectivity index (χ1) is 14.8. The van der Waals surface area contributed by atoms with E-state index >= 15 is 0 Å². The molecule has 4 aromatic rings. The highest BCUT2D eigenvalue weighted by atomic mass is 19.1. The Balaban J connectivity index is 1.86. The fourth-order valence-corrected chi connectivity index (χ4v) is 3.56. The van der Waals surface area contributed by atoms with Gasteiger partial charge in [0.25, 0.3) is 0 Å². The van der Waals surface area contributed by atoms with Crippen LogP contribution in [0.3, 0.4) is 0 Å². The summed E-state index contributed by atoms with van der Waals surface area (Å²) in [5.41, 5.74) is 1.85. The monoisotopic (exact) mass is 418 g/mol. The van der Waals surface area contributed by atoms with Crippen molar-refractivity contribution in [3.63, 3.8) is 0 Å². The van der Waals surface area contributed by atoms with Gasteiger partial charge in [-0.15, -0.1) is 0 Å². The lowest BCUT2D eigenvalue weighted by Gasteiger charge is -2.19. The van der Waals surface area contributed by atoms with E-state index in [1.54, 1.807) is 37.4 Å². The largest absolute Gasteiger partial charge is 0.478 e. The van der Waals surface area contributed by atoms with E-state index in [4.69, 9.17) is 4.42 Å². The molecule has 0 spiro atoms. The number of hydrogen-bond acceptors (Lipinski definition) is 5. The molecule has 2 heterocycles. The molecule has 0 aliphatic rings. The lowest BCUT2D eigenvalue weighted by Crippen LogP contribution is -2.13. The summed E-state index contributed by atoms with van der Waals surface area (Å²) in [6.45, 7) is 3.64. The average molecular weight is 418 g/mol. The minimum atomic E-state index is -1.37. The molecule has 0 saturated carbocycles. The number of carbonyl (C=O) groups is 1. The van der Waals surface area contributed by atoms with Gasteiger partial charge in [0.15, 0.2) is 11.2 Å². The zero-order chi connectivity index (χ0) is 22.1. The zero-order valence-corrected chi connectivity index (χ0v) is 16.8. The predicted molar refractivity (Wildman–Crippen MR) is 116 cm³/mol. The molecule has 0 amide bonds. The van der Waals surface area contributed by atoms with E-state index in [0.29, 0.717) is 28.0 Å². The predicted octanol–water partition coefficient (Wildman–Crippen LogP) is 5.17. The molecule has 0 unspecified atom stereocenters. The number of aryl methyl sites for hydroxylation is 1. The number of rotatable bonds is 5. The lowest BCUT2D eigenvalue weighted by atomic mass is 10.0. The van der Waals surface area contributed by atoms with Crippen molar-refractivity contribution in [2.24, 2.45) is 0 Å². The molecular weight excluding hydrogens is 399 g/mol. The Hall–Kier alpha value is -4.00. The van der Waals surface area contributed by atoms with Gasteiger partial charge in [-0.05, 0) is 49.7 Å². The number of nitrogens with one attached hydrogen (secondary N) is 1. The number of aromatic carboxylic acids is 1. The van der Waals surface area contributed by atoms with E-state index in [1.165, 1.54) is 18.2 Å². The topological polar surface area (TPSA) is 92.4 Å². The fraction of sp³-hybridized carbons (Fsp3) is 0.125. The van der Waals surface area contributed by atoms with Gasteiger partial charge in [-0.3, -0.25) is 9.78 Å². The second kappa shape index (κ2) is 8.02. The Bertz CT molecular complexity index is 1350. The molecule has 2 N–H and O–H groups in total. The smallest absolute Gasteiger partial charge is 0.340 e. The zero-order valence-electron chi connectivity index (χ0n) is 16.8. The van der Waals surface area contributed by atoms with E-state index in [1.807, 2.05) is 13.0 Å². The van der Waals surface area contributed by atoms with Gasteiger partial charge in [-0.25, -0.2) is 9.18 Å². The summed E-state index contributed by atoms with van der Waals surface area (Å²) in [4.78, 5) is 28.6. The molecule has 0 fully saturated rings. The number of carboxylic acid groups (broad SMARTS) is 1. The van der Waals surface area contributed by atoms with Gasteiger partial charge in [-0.2, -0.15) is 0 Å². The minimum Gasteiger partial charge on any atom is -0.478 e. The first-order valence-corrected chi connectivity index (χ1v) is 9.63. The third-order valence-corrected chi connectivity index (χ3v) is 4.98. The molecule has 0 saturated heterocycles. The summed E-state index contributed by atoms with van der Waals surface area (Å²) < 4.78 is 20.2. The molecule has 2 aromatic carbocycles. The highest BCUT2D eigenvalue weighted by molar-refractivity contribution is 5.94. The van der Waals surface area contributed by atoms with Crippen molar-refractivity contribution < 1.29 is 18.7 Å². The first-order valence-electron chi connectivity index (χ1n) is 9.63. The van der Waals surface area contributed by atoms with Crippen LogP contribution in [0.25, 0.3) is 22.4 Å². The van der Waals surface area contributed by atoms with Crippen LogP contribution >= 0.6 is 0 Å². The van der Waals surface area contributed by atoms with Crippen LogP contribution in [0.5, 0.6) is 0 Å². The van der Waals surface area contributed by atoms with Crippen molar-refractivity contribution in [1.82, 2.24) is 4.98 Å². The average Bonchev–Trinajstić information content (AvgIpc) is 2.74. The van der Waals surface area contributed by atoms with Gasteiger partial charge < -0.3 is 14.8 Å². The summed E-state index contributed by atoms with van der Waals surface area (Å²) in [6.07, 6.45) is 1.61. The first kappa shape index (κ1) is 20.3. The summed E-state index contributed by atoms with van der Waals surface area (Å²) in [6, 6.07) is 13.8. The van der Waals surface area contributed by atoms with Crippen molar-refractivity contribution in [1.29, 1.82) is 0 Å². The molecule has 2 aromatic heterocycles. The van der Waals surface area contributed by atoms with Crippen LogP contribution < -0.4 is 10.7 Å². The standard InChI is InChI=1S/C24H19FN2O4/c1-13-10-15(14(2)27-19-8-5-6-17(25)22(19)24(29)30)23-16(11-13)20(28)12-21(31-23)18-7-3-4-9-26-18/h3-12,14,27H,1-2H3,(H,29,30)/t14-/m1/s1. The molecule has 1 atom stereocenters. The third kappa shape index (κ3) is 3.90. The van der Waals surface area contributed by atoms with Crippen molar-refractivity contribution in [2.75, 3.05) is 5.32 Å². The summed E-state index contributed by atoms with van der Waals surface area (Å²) in [5, 5.41) is 12.9. The Morgan fingerprint density at radius 2 is 1.97 bits per heavy atom. The quantitative estimate of drug-likeness (QED) is 0.464. The Kier molecular flexibility index (Phi) is 5.25. The van der Waals surface area contributed by atoms with Crippen LogP contribution in [0.4, 0.5) is 10.1 Å². The Labute approximate surface area is 177 Å². The molecule has 4 rings (SSSR count). The van der Waals surface area contributed by atoms with E-state index in [9.17, 15) is 19.1 Å². The number of fused-ring (bicyclic) bond motifs is 1. The van der Waals surface area contributed by atoms with Crippen LogP contribution in [0, 0.1) is 12.7 Å². The summed E-state index contributed by atoms with van der Waals surface area (Å²) in [5.74, 6) is -1.87. The molecule has 0 aliphatic heterocycles. The molecule has 0 bridgehead atoms. The van der Waals surface area contributed by atoms with Crippen molar-refractivity contribution >= 4 is 22.6 Å². The van der Waals surface area contributed by atoms with Crippen LogP contribution in [-0.4, -0.2) is 16.1 Å². The number of anilines is 1. The number of benzene rings is 2. The van der Waals surface area contributed by atoms with Crippen LogP contribution in [0.1, 0.15) is 34.5 Å². The Morgan fingerprint density at radius 3 is 2.68 bits per heavy atom. The maximum Gasteiger partial charge on any atom is 0.340 e. The van der Waals surface area contributed by atoms with Crippen LogP contribution in [-0.2, 0) is 0 Å². The molecule has 6 nitrogen and oxygen atoms in total. The van der Waals surface area contributed by atoms with Gasteiger partial charge in [0.05, 0.1) is 17.1 Å². The maximum atomic E-state index is 14.1. The molecule has 0 aliphatic carbocycles. The van der Waals surface area contributed by atoms with Crippen LogP contribution in [0.15, 0.2) is 70.0 Å². The second-order valence-corrected chi connectivity index (χ2v) is 7.25. The van der Waals surface area contributed by atoms with Crippen LogP contribution in [0.2, 0.25) is 0 Å². The lowest BCUT2D eigenvalue weighted by molar-refractivity contribution is 0.0693. The SMILES string of the molecule is Cc1cc([C@@H](C)Nc2cccc(F)c2C(=O)O)c2oc(-c3ccccn3)cc(=O)c2c1. The number of hydrogen-bond donors (Lipinski definition) is 2. The van der Waals surface area contributed by atoms with E-state index in [-0.39, 0.29) is 11.1 Å². The normalized spacial score (nSPS) is 12.0. The number of nitrogens with zero attached hydrogens (tertiary/aromatic N) is 1. The highest BCUT2D eigenvalue weighted by Gasteiger charge is 2.20. The van der Waals surface area contributed by atoms with Gasteiger partial charge in [0, 0.05) is 17.8 Å². The van der Waals surface area contributed by atoms with E-state index in [2.05, 4.69) is 10.3 Å². The molecular formula is C24H19FN2O4. The molecule has 31 heavy (non-hydrogen) atoms. The number of pyridine rings is 1. The van der Waals surface area contributed by atoms with Gasteiger partial charge in [0.2, 0.25) is 0 Å². The fourth-order valence-electron chi connectivity index (χ4n) is 3.56. The molecule has 156 valence electrons. The van der Waals surface area contributed by atoms with Gasteiger partial charge in [0.1, 0.15) is 22.7 Å².